The fourth-order valence-electron chi connectivity index (χ4n) is 10.5. The highest BCUT2D eigenvalue weighted by atomic mass is 16.3. The van der Waals surface area contributed by atoms with Gasteiger partial charge in [0.2, 0.25) is 6.71 Å². The zero-order chi connectivity index (χ0) is 38.4. The number of rotatable bonds is 2. The lowest BCUT2D eigenvalue weighted by molar-refractivity contribution is 0.669. The average Bonchev–Trinajstić information content (AvgIpc) is 3.79. The molecule has 0 saturated carbocycles. The topological polar surface area (TPSA) is 32.8 Å². The van der Waals surface area contributed by atoms with Crippen molar-refractivity contribution < 1.29 is 8.83 Å². The van der Waals surface area contributed by atoms with E-state index in [2.05, 4.69) is 188 Å². The Morgan fingerprint density at radius 1 is 0.397 bits per heavy atom. The van der Waals surface area contributed by atoms with Gasteiger partial charge in [0, 0.05) is 21.5 Å². The predicted molar refractivity (Wildman–Crippen MR) is 244 cm³/mol. The molecule has 13 rings (SSSR count). The van der Waals surface area contributed by atoms with Gasteiger partial charge in [-0.05, 0) is 102 Å². The van der Waals surface area contributed by atoms with Gasteiger partial charge in [0.15, 0.2) is 11.2 Å². The Balaban J connectivity index is 1.14. The normalized spacial score (nSPS) is 13.3. The molecule has 11 aromatic rings. The lowest BCUT2D eigenvalue weighted by atomic mass is 9.33. The molecule has 0 saturated heterocycles. The second-order valence-electron chi connectivity index (χ2n) is 16.2. The van der Waals surface area contributed by atoms with Crippen molar-refractivity contribution in [3.8, 4) is 0 Å². The molecule has 272 valence electrons. The Morgan fingerprint density at radius 2 is 0.914 bits per heavy atom. The van der Waals surface area contributed by atoms with Gasteiger partial charge >= 0.3 is 0 Å². The molecule has 2 aliphatic heterocycles. The van der Waals surface area contributed by atoms with Gasteiger partial charge in [-0.25, -0.2) is 0 Å². The van der Waals surface area contributed by atoms with Crippen LogP contribution < -0.4 is 26.2 Å². The molecule has 0 radical (unpaired) electrons. The maximum absolute atomic E-state index is 7.11. The monoisotopic (exact) mass is 742 g/mol. The molecule has 58 heavy (non-hydrogen) atoms. The van der Waals surface area contributed by atoms with Crippen LogP contribution in [0.2, 0.25) is 0 Å². The molecular formula is C53H35BN2O2. The van der Waals surface area contributed by atoms with Gasteiger partial charge in [-0.15, -0.1) is 0 Å². The van der Waals surface area contributed by atoms with E-state index in [0.717, 1.165) is 78.0 Å². The second kappa shape index (κ2) is 11.4. The Labute approximate surface area is 335 Å². The molecule has 0 N–H and O–H groups in total. The summed E-state index contributed by atoms with van der Waals surface area (Å²) in [4.78, 5) is 4.93. The van der Waals surface area contributed by atoms with Gasteiger partial charge in [0.05, 0.1) is 34.1 Å². The van der Waals surface area contributed by atoms with Crippen molar-refractivity contribution in [3.63, 3.8) is 0 Å². The van der Waals surface area contributed by atoms with E-state index >= 15 is 0 Å². The molecule has 0 bridgehead atoms. The minimum absolute atomic E-state index is 0.0278. The molecule has 0 amide bonds. The van der Waals surface area contributed by atoms with Crippen LogP contribution in [0.5, 0.6) is 0 Å². The summed E-state index contributed by atoms with van der Waals surface area (Å²) in [6.07, 6.45) is 0. The van der Waals surface area contributed by atoms with Gasteiger partial charge < -0.3 is 18.6 Å². The summed E-state index contributed by atoms with van der Waals surface area (Å²) < 4.78 is 14.0. The SMILES string of the molecule is Cc1cc(C)c(B2c3cccc4c3N(c3ccccc3N4c3cccc4c3oc3cc5ccccc5cc34)c3c2ccc2c3oc3cc4ccccc4cc32)c(C)c1. The number of anilines is 6. The average molecular weight is 743 g/mol. The Hall–Kier alpha value is -7.24. The predicted octanol–water partition coefficient (Wildman–Crippen LogP) is 12.8. The first kappa shape index (κ1) is 31.9. The van der Waals surface area contributed by atoms with Crippen LogP contribution in [0.25, 0.3) is 65.4 Å². The van der Waals surface area contributed by atoms with Gasteiger partial charge in [-0.2, -0.15) is 0 Å². The number of furan rings is 2. The first-order chi connectivity index (χ1) is 28.5. The summed E-state index contributed by atoms with van der Waals surface area (Å²) in [6.45, 7) is 6.72. The van der Waals surface area contributed by atoms with Crippen LogP contribution in [0.15, 0.2) is 167 Å². The largest absolute Gasteiger partial charge is 0.454 e. The minimum atomic E-state index is -0.0278. The number of benzene rings is 9. The Morgan fingerprint density at radius 3 is 1.59 bits per heavy atom. The van der Waals surface area contributed by atoms with Crippen molar-refractivity contribution in [3.05, 3.63) is 174 Å². The van der Waals surface area contributed by atoms with Crippen molar-refractivity contribution in [2.45, 2.75) is 20.8 Å². The first-order valence-corrected chi connectivity index (χ1v) is 20.1. The fraction of sp³-hybridized carbons (Fsp3) is 0.0566. The maximum Gasteiger partial charge on any atom is 0.247 e. The highest BCUT2D eigenvalue weighted by Gasteiger charge is 2.44. The number of aryl methyl sites for hydroxylation is 3. The lowest BCUT2D eigenvalue weighted by Crippen LogP contribution is -2.59. The first-order valence-electron chi connectivity index (χ1n) is 20.1. The van der Waals surface area contributed by atoms with E-state index in [4.69, 9.17) is 8.83 Å². The van der Waals surface area contributed by atoms with Crippen molar-refractivity contribution in [2.24, 2.45) is 0 Å². The standard InChI is InChI=1S/C53H35BN2O2/c1-30-24-31(2)49(32(3)25-30)54-41-17-11-20-45-50(41)56(51-42(54)23-22-38-40-27-34-13-5-7-15-36(34)29-48(40)58-53(38)51)44-19-9-8-18-43(44)55(45)46-21-10-16-37-39-26-33-12-4-6-14-35(33)28-47(39)57-52(37)46/h4-29H,1-3H3. The molecule has 9 aromatic carbocycles. The van der Waals surface area contributed by atoms with Crippen molar-refractivity contribution in [1.29, 1.82) is 0 Å². The van der Waals surface area contributed by atoms with Gasteiger partial charge in [0.25, 0.3) is 0 Å². The zero-order valence-corrected chi connectivity index (χ0v) is 32.3. The Kier molecular flexibility index (Phi) is 6.29. The second-order valence-corrected chi connectivity index (χ2v) is 16.2. The molecule has 0 spiro atoms. The van der Waals surface area contributed by atoms with Gasteiger partial charge in [-0.1, -0.05) is 131 Å². The molecule has 2 aliphatic rings. The maximum atomic E-state index is 7.11. The van der Waals surface area contributed by atoms with Gasteiger partial charge in [-0.3, -0.25) is 0 Å². The number of nitrogens with zero attached hydrogens (tertiary/aromatic N) is 2. The summed E-state index contributed by atoms with van der Waals surface area (Å²) in [5, 5.41) is 9.23. The van der Waals surface area contributed by atoms with E-state index in [1.165, 1.54) is 54.6 Å². The summed E-state index contributed by atoms with van der Waals surface area (Å²) in [5.74, 6) is 0. The van der Waals surface area contributed by atoms with E-state index in [1.54, 1.807) is 0 Å². The van der Waals surface area contributed by atoms with Crippen LogP contribution in [0.1, 0.15) is 16.7 Å². The van der Waals surface area contributed by atoms with Crippen LogP contribution in [0.4, 0.5) is 34.1 Å². The van der Waals surface area contributed by atoms with Crippen LogP contribution in [0.3, 0.4) is 0 Å². The molecule has 4 heterocycles. The fourth-order valence-corrected chi connectivity index (χ4v) is 10.5. The third kappa shape index (κ3) is 4.20. The van der Waals surface area contributed by atoms with Crippen molar-refractivity contribution in [2.75, 3.05) is 9.80 Å². The molecule has 0 fully saturated rings. The summed E-state index contributed by atoms with van der Waals surface area (Å²) in [5.41, 5.74) is 17.8. The quantitative estimate of drug-likeness (QED) is 0.165. The number of hydrogen-bond donors (Lipinski definition) is 0. The molecule has 2 aromatic heterocycles. The smallest absolute Gasteiger partial charge is 0.247 e. The number of para-hydroxylation sites is 4. The highest BCUT2D eigenvalue weighted by molar-refractivity contribution is 6.99. The molecule has 0 aliphatic carbocycles. The third-order valence-electron chi connectivity index (χ3n) is 12.8. The molecule has 0 atom stereocenters. The molecule has 4 nitrogen and oxygen atoms in total. The highest BCUT2D eigenvalue weighted by Crippen LogP contribution is 2.57. The van der Waals surface area contributed by atoms with E-state index in [1.807, 2.05) is 0 Å². The summed E-state index contributed by atoms with van der Waals surface area (Å²) in [7, 11) is 0. The van der Waals surface area contributed by atoms with E-state index < -0.39 is 0 Å². The minimum Gasteiger partial charge on any atom is -0.454 e. The van der Waals surface area contributed by atoms with Crippen LogP contribution >= 0.6 is 0 Å². The van der Waals surface area contributed by atoms with Crippen molar-refractivity contribution in [1.82, 2.24) is 0 Å². The molecule has 0 unspecified atom stereocenters. The van der Waals surface area contributed by atoms with Crippen LogP contribution in [-0.4, -0.2) is 6.71 Å². The van der Waals surface area contributed by atoms with E-state index in [9.17, 15) is 0 Å². The third-order valence-corrected chi connectivity index (χ3v) is 12.8. The zero-order valence-electron chi connectivity index (χ0n) is 32.3. The van der Waals surface area contributed by atoms with E-state index in [-0.39, 0.29) is 6.71 Å². The van der Waals surface area contributed by atoms with E-state index in [0.29, 0.717) is 0 Å². The van der Waals surface area contributed by atoms with Crippen LogP contribution in [0, 0.1) is 20.8 Å². The molecule has 5 heteroatoms. The molecular weight excluding hydrogens is 707 g/mol. The summed E-state index contributed by atoms with van der Waals surface area (Å²) in [6, 6.07) is 57.6. The lowest BCUT2D eigenvalue weighted by Gasteiger charge is -2.45. The van der Waals surface area contributed by atoms with Crippen molar-refractivity contribution >= 4 is 123 Å². The number of fused-ring (bicyclic) bond motifs is 13. The Bertz CT molecular complexity index is 3570. The van der Waals surface area contributed by atoms with Crippen LogP contribution in [-0.2, 0) is 0 Å². The summed E-state index contributed by atoms with van der Waals surface area (Å²) >= 11 is 0. The number of hydrogen-bond acceptors (Lipinski definition) is 4. The van der Waals surface area contributed by atoms with Gasteiger partial charge in [0.1, 0.15) is 11.2 Å².